The molecule has 0 aliphatic heterocycles. The maximum atomic E-state index is 13.9. The maximum Gasteiger partial charge on any atom is 1.00 e. The van der Waals surface area contributed by atoms with Crippen molar-refractivity contribution in [1.29, 1.82) is 0 Å². The van der Waals surface area contributed by atoms with Crippen molar-refractivity contribution in [3.63, 3.8) is 0 Å². The van der Waals surface area contributed by atoms with Crippen LogP contribution in [0.15, 0.2) is 66.2 Å². The van der Waals surface area contributed by atoms with Crippen LogP contribution < -0.4 is 44.1 Å². The summed E-state index contributed by atoms with van der Waals surface area (Å²) in [5.41, 5.74) is 2.25. The number of fused-ring (bicyclic) bond motifs is 1. The van der Waals surface area contributed by atoms with Crippen molar-refractivity contribution in [2.24, 2.45) is 0 Å². The number of esters is 1. The van der Waals surface area contributed by atoms with Crippen LogP contribution >= 0.6 is 11.7 Å². The number of Topliss-reactive ketones (excluding diaryl/α,β-unsaturated/α-hetero) is 1. The van der Waals surface area contributed by atoms with Gasteiger partial charge in [-0.05, 0) is 60.5 Å². The van der Waals surface area contributed by atoms with Gasteiger partial charge in [0, 0.05) is 23.1 Å². The second-order valence-corrected chi connectivity index (χ2v) is 8.63. The molecule has 194 valence electrons. The number of carbonyl (C=O) groups excluding carboxylic acids is 3. The molecular formula is C28H23N2NaO7S. The first-order chi connectivity index (χ1) is 18.4. The van der Waals surface area contributed by atoms with Crippen molar-refractivity contribution in [2.45, 2.75) is 13.3 Å². The summed E-state index contributed by atoms with van der Waals surface area (Å²) in [7, 11) is 2.92. The average Bonchev–Trinajstić information content (AvgIpc) is 3.40. The van der Waals surface area contributed by atoms with E-state index in [1.165, 1.54) is 26.4 Å². The molecule has 4 rings (SSSR count). The Kier molecular flexibility index (Phi) is 10.4. The topological polar surface area (TPSA) is 128 Å². The monoisotopic (exact) mass is 554 g/mol. The van der Waals surface area contributed by atoms with Crippen LogP contribution in [0.2, 0.25) is 0 Å². The zero-order chi connectivity index (χ0) is 27.2. The van der Waals surface area contributed by atoms with Crippen molar-refractivity contribution in [3.8, 4) is 11.5 Å². The fourth-order valence-electron chi connectivity index (χ4n) is 3.96. The summed E-state index contributed by atoms with van der Waals surface area (Å²) in [6.45, 7) is 1.95. The van der Waals surface area contributed by atoms with Crippen LogP contribution in [0.25, 0.3) is 16.6 Å². The van der Waals surface area contributed by atoms with Crippen molar-refractivity contribution in [2.75, 3.05) is 20.8 Å². The molecule has 9 nitrogen and oxygen atoms in total. The Morgan fingerprint density at radius 1 is 0.821 bits per heavy atom. The third-order valence-corrected chi connectivity index (χ3v) is 6.37. The third-order valence-electron chi connectivity index (χ3n) is 5.81. The smallest absolute Gasteiger partial charge is 0.545 e. The van der Waals surface area contributed by atoms with Crippen LogP contribution in [0, 0.1) is 0 Å². The first-order valence-electron chi connectivity index (χ1n) is 11.6. The molecule has 0 radical (unpaired) electrons. The van der Waals surface area contributed by atoms with Crippen LogP contribution in [-0.2, 0) is 16.0 Å². The first-order valence-corrected chi connectivity index (χ1v) is 12.3. The minimum absolute atomic E-state index is 0. The molecule has 0 saturated heterocycles. The molecule has 4 aromatic rings. The summed E-state index contributed by atoms with van der Waals surface area (Å²) in [5.74, 6) is -1.78. The van der Waals surface area contributed by atoms with Gasteiger partial charge in [0.15, 0.2) is 17.3 Å². The van der Waals surface area contributed by atoms with Gasteiger partial charge >= 0.3 is 35.5 Å². The number of aliphatic carboxylic acids is 1. The molecule has 11 heteroatoms. The molecule has 0 aliphatic carbocycles. The molecule has 0 aliphatic rings. The fraction of sp³-hybridized carbons (Fsp3) is 0.179. The number of benzene rings is 3. The molecular weight excluding hydrogens is 531 g/mol. The number of aromatic nitrogens is 2. The summed E-state index contributed by atoms with van der Waals surface area (Å²) < 4.78 is 24.0. The Morgan fingerprint density at radius 3 is 2.10 bits per heavy atom. The van der Waals surface area contributed by atoms with E-state index in [-0.39, 0.29) is 64.9 Å². The Labute approximate surface area is 251 Å². The predicted octanol–water partition coefficient (Wildman–Crippen LogP) is 0.518. The van der Waals surface area contributed by atoms with Gasteiger partial charge in [0.25, 0.3) is 0 Å². The van der Waals surface area contributed by atoms with E-state index in [0.29, 0.717) is 33.7 Å². The van der Waals surface area contributed by atoms with Crippen LogP contribution in [0.5, 0.6) is 11.5 Å². The zero-order valence-corrected chi connectivity index (χ0v) is 24.7. The van der Waals surface area contributed by atoms with Gasteiger partial charge in [0.05, 0.1) is 44.1 Å². The molecule has 1 heterocycles. The number of ether oxygens (including phenoxy) is 3. The van der Waals surface area contributed by atoms with Gasteiger partial charge in [-0.2, -0.15) is 8.75 Å². The minimum atomic E-state index is -1.51. The quantitative estimate of drug-likeness (QED) is 0.119. The molecule has 1 aromatic heterocycles. The normalized spacial score (nSPS) is 11.3. The number of carbonyl (C=O) groups is 3. The van der Waals surface area contributed by atoms with Crippen LogP contribution in [0.1, 0.15) is 38.8 Å². The SMILES string of the molecule is CCOC(=O)c1ccc(CC(C(=O)c2ccc(OC)c(OC)c2)=C(C(=O)[O-])c2ccc3nsnc3c2)cc1.[Na+]. The number of hydrogen-bond acceptors (Lipinski definition) is 10. The van der Waals surface area contributed by atoms with E-state index >= 15 is 0 Å². The Bertz CT molecular complexity index is 1550. The van der Waals surface area contributed by atoms with Gasteiger partial charge in [0.2, 0.25) is 0 Å². The number of carboxylic acids is 1. The third kappa shape index (κ3) is 6.72. The molecule has 3 aromatic carbocycles. The largest absolute Gasteiger partial charge is 1.00 e. The van der Waals surface area contributed by atoms with Gasteiger partial charge in [-0.15, -0.1) is 0 Å². The van der Waals surface area contributed by atoms with Gasteiger partial charge in [0.1, 0.15) is 11.0 Å². The minimum Gasteiger partial charge on any atom is -0.545 e. The summed E-state index contributed by atoms with van der Waals surface area (Å²) in [4.78, 5) is 38.4. The summed E-state index contributed by atoms with van der Waals surface area (Å²) in [5, 5.41) is 12.5. The fourth-order valence-corrected chi connectivity index (χ4v) is 4.48. The number of hydrogen-bond donors (Lipinski definition) is 0. The van der Waals surface area contributed by atoms with E-state index in [0.717, 1.165) is 11.7 Å². The number of rotatable bonds is 10. The zero-order valence-electron chi connectivity index (χ0n) is 21.8. The van der Waals surface area contributed by atoms with E-state index in [2.05, 4.69) is 8.75 Å². The molecule has 0 atom stereocenters. The Hall–Kier alpha value is -3.57. The summed E-state index contributed by atoms with van der Waals surface area (Å²) >= 11 is 1.00. The predicted molar refractivity (Wildman–Crippen MR) is 139 cm³/mol. The Balaban J connectivity index is 0.00000420. The van der Waals surface area contributed by atoms with Gasteiger partial charge in [-0.3, -0.25) is 4.79 Å². The standard InChI is InChI=1S/C28H24N2O7S.Na/c1-4-37-28(34)17-7-5-16(6-8-17)13-20(26(31)19-10-12-23(35-2)24(15-19)36-3)25(27(32)33)18-9-11-21-22(14-18)30-38-29-21;/h5-12,14-15H,4,13H2,1-3H3,(H,32,33);/q;+1/p-1. The Morgan fingerprint density at radius 2 is 1.46 bits per heavy atom. The second kappa shape index (κ2) is 13.5. The maximum absolute atomic E-state index is 13.9. The average molecular weight is 555 g/mol. The molecule has 0 N–H and O–H groups in total. The second-order valence-electron chi connectivity index (χ2n) is 8.10. The number of allylic oxidation sites excluding steroid dienone is 1. The van der Waals surface area contributed by atoms with Crippen molar-refractivity contribution >= 4 is 46.1 Å². The van der Waals surface area contributed by atoms with Gasteiger partial charge in [-0.25, -0.2) is 4.79 Å². The first kappa shape index (κ1) is 30.0. The van der Waals surface area contributed by atoms with E-state index < -0.39 is 17.7 Å². The van der Waals surface area contributed by atoms with Crippen LogP contribution in [0.4, 0.5) is 0 Å². The summed E-state index contributed by atoms with van der Waals surface area (Å²) in [6, 6.07) is 15.8. The molecule has 0 saturated carbocycles. The molecule has 39 heavy (non-hydrogen) atoms. The van der Waals surface area contributed by atoms with Crippen LogP contribution in [0.3, 0.4) is 0 Å². The van der Waals surface area contributed by atoms with Gasteiger partial charge < -0.3 is 24.1 Å². The number of carboxylic acid groups (broad SMARTS) is 1. The van der Waals surface area contributed by atoms with E-state index in [1.807, 2.05) is 0 Å². The summed E-state index contributed by atoms with van der Waals surface area (Å²) in [6.07, 6.45) is -0.0487. The van der Waals surface area contributed by atoms with Crippen molar-refractivity contribution in [1.82, 2.24) is 8.75 Å². The number of nitrogens with zero attached hydrogens (tertiary/aromatic N) is 2. The van der Waals surface area contributed by atoms with Crippen LogP contribution in [-0.4, -0.2) is 47.3 Å². The van der Waals surface area contributed by atoms with Crippen molar-refractivity contribution in [3.05, 3.63) is 88.5 Å². The van der Waals surface area contributed by atoms with Gasteiger partial charge in [-0.1, -0.05) is 18.2 Å². The van der Waals surface area contributed by atoms with Crippen molar-refractivity contribution < 1.29 is 63.3 Å². The van der Waals surface area contributed by atoms with E-state index in [1.54, 1.807) is 55.5 Å². The molecule has 0 bridgehead atoms. The molecule has 0 unspecified atom stereocenters. The van der Waals surface area contributed by atoms with E-state index in [9.17, 15) is 19.5 Å². The molecule has 0 fully saturated rings. The molecule has 0 amide bonds. The number of ketones is 1. The van der Waals surface area contributed by atoms with E-state index in [4.69, 9.17) is 14.2 Å². The molecule has 0 spiro atoms. The number of methoxy groups -OCH3 is 2.